The van der Waals surface area contributed by atoms with Crippen molar-refractivity contribution in [2.75, 3.05) is 13.1 Å². The second kappa shape index (κ2) is 4.56. The fourth-order valence-corrected chi connectivity index (χ4v) is 1.48. The number of rotatable bonds is 3. The SMILES string of the molecule is CCC(O)C(F)C(=O)N1CCCC1. The van der Waals surface area contributed by atoms with Crippen LogP contribution in [0, 0.1) is 0 Å². The molecule has 1 amide bonds. The van der Waals surface area contributed by atoms with E-state index in [0.717, 1.165) is 12.8 Å². The molecule has 0 aromatic rings. The molecule has 13 heavy (non-hydrogen) atoms. The van der Waals surface area contributed by atoms with Crippen LogP contribution in [-0.4, -0.2) is 41.3 Å². The van der Waals surface area contributed by atoms with Crippen molar-refractivity contribution in [3.8, 4) is 0 Å². The Hall–Kier alpha value is -0.640. The third-order valence-corrected chi connectivity index (χ3v) is 2.41. The van der Waals surface area contributed by atoms with Crippen LogP contribution in [0.5, 0.6) is 0 Å². The molecule has 0 radical (unpaired) electrons. The predicted molar refractivity (Wildman–Crippen MR) is 47.0 cm³/mol. The van der Waals surface area contributed by atoms with Gasteiger partial charge in [-0.25, -0.2) is 4.39 Å². The number of nitrogens with zero attached hydrogens (tertiary/aromatic N) is 1. The average Bonchev–Trinajstić information content (AvgIpc) is 2.67. The molecule has 1 N–H and O–H groups in total. The summed E-state index contributed by atoms with van der Waals surface area (Å²) in [6, 6.07) is 0. The lowest BCUT2D eigenvalue weighted by molar-refractivity contribution is -0.139. The standard InChI is InChI=1S/C9H16FNO2/c1-2-7(12)8(10)9(13)11-5-3-4-6-11/h7-8,12H,2-6H2,1H3. The van der Waals surface area contributed by atoms with Gasteiger partial charge in [0.05, 0.1) is 6.10 Å². The van der Waals surface area contributed by atoms with E-state index in [4.69, 9.17) is 5.11 Å². The van der Waals surface area contributed by atoms with Crippen molar-refractivity contribution < 1.29 is 14.3 Å². The van der Waals surface area contributed by atoms with E-state index in [0.29, 0.717) is 13.1 Å². The van der Waals surface area contributed by atoms with E-state index >= 15 is 0 Å². The number of aliphatic hydroxyl groups is 1. The largest absolute Gasteiger partial charge is 0.390 e. The molecule has 0 bridgehead atoms. The minimum absolute atomic E-state index is 0.279. The molecule has 76 valence electrons. The van der Waals surface area contributed by atoms with E-state index in [1.54, 1.807) is 6.92 Å². The Bertz CT molecular complexity index is 180. The van der Waals surface area contributed by atoms with Crippen LogP contribution in [0.1, 0.15) is 26.2 Å². The van der Waals surface area contributed by atoms with Gasteiger partial charge in [-0.2, -0.15) is 0 Å². The van der Waals surface area contributed by atoms with E-state index in [9.17, 15) is 9.18 Å². The first-order valence-corrected chi connectivity index (χ1v) is 4.77. The molecule has 4 heteroatoms. The lowest BCUT2D eigenvalue weighted by Crippen LogP contribution is -2.40. The molecule has 0 saturated carbocycles. The van der Waals surface area contributed by atoms with Crippen molar-refractivity contribution in [1.82, 2.24) is 4.90 Å². The molecule has 2 atom stereocenters. The van der Waals surface area contributed by atoms with E-state index in [1.807, 2.05) is 0 Å². The van der Waals surface area contributed by atoms with Crippen LogP contribution in [0.3, 0.4) is 0 Å². The molecule has 1 aliphatic heterocycles. The van der Waals surface area contributed by atoms with Gasteiger partial charge in [0.2, 0.25) is 6.17 Å². The number of likely N-dealkylation sites (tertiary alicyclic amines) is 1. The normalized spacial score (nSPS) is 21.6. The van der Waals surface area contributed by atoms with E-state index in [1.165, 1.54) is 4.90 Å². The monoisotopic (exact) mass is 189 g/mol. The van der Waals surface area contributed by atoms with Crippen LogP contribution in [0.4, 0.5) is 4.39 Å². The lowest BCUT2D eigenvalue weighted by Gasteiger charge is -2.20. The summed E-state index contributed by atoms with van der Waals surface area (Å²) in [7, 11) is 0. The fraction of sp³-hybridized carbons (Fsp3) is 0.889. The van der Waals surface area contributed by atoms with Gasteiger partial charge in [-0.3, -0.25) is 4.79 Å². The van der Waals surface area contributed by atoms with Crippen molar-refractivity contribution in [3.63, 3.8) is 0 Å². The number of hydrogen-bond donors (Lipinski definition) is 1. The van der Waals surface area contributed by atoms with Crippen LogP contribution in [0.2, 0.25) is 0 Å². The topological polar surface area (TPSA) is 40.5 Å². The van der Waals surface area contributed by atoms with Gasteiger partial charge in [0, 0.05) is 13.1 Å². The Morgan fingerprint density at radius 1 is 1.54 bits per heavy atom. The zero-order chi connectivity index (χ0) is 9.84. The number of carbonyl (C=O) groups excluding carboxylic acids is 1. The number of amides is 1. The van der Waals surface area contributed by atoms with Gasteiger partial charge < -0.3 is 10.0 Å². The second-order valence-corrected chi connectivity index (χ2v) is 3.41. The van der Waals surface area contributed by atoms with Crippen LogP contribution < -0.4 is 0 Å². The first-order chi connectivity index (χ1) is 6.16. The summed E-state index contributed by atoms with van der Waals surface area (Å²) < 4.78 is 13.2. The van der Waals surface area contributed by atoms with Gasteiger partial charge in [-0.15, -0.1) is 0 Å². The molecule has 1 heterocycles. The number of alkyl halides is 1. The molecule has 0 spiro atoms. The highest BCUT2D eigenvalue weighted by Crippen LogP contribution is 2.13. The highest BCUT2D eigenvalue weighted by molar-refractivity contribution is 5.81. The minimum atomic E-state index is -1.73. The maximum Gasteiger partial charge on any atom is 0.259 e. The molecule has 2 unspecified atom stereocenters. The van der Waals surface area contributed by atoms with Crippen molar-refractivity contribution >= 4 is 5.91 Å². The summed E-state index contributed by atoms with van der Waals surface area (Å²) in [5.74, 6) is -0.549. The van der Waals surface area contributed by atoms with Crippen LogP contribution in [0.15, 0.2) is 0 Å². The molecule has 1 saturated heterocycles. The molecule has 1 fully saturated rings. The van der Waals surface area contributed by atoms with Crippen LogP contribution in [-0.2, 0) is 4.79 Å². The van der Waals surface area contributed by atoms with Crippen LogP contribution >= 0.6 is 0 Å². The molecular weight excluding hydrogens is 173 g/mol. The zero-order valence-corrected chi connectivity index (χ0v) is 7.87. The Kier molecular flexibility index (Phi) is 3.66. The maximum atomic E-state index is 13.2. The molecule has 0 aromatic heterocycles. The number of hydrogen-bond acceptors (Lipinski definition) is 2. The molecule has 0 aromatic carbocycles. The quantitative estimate of drug-likeness (QED) is 0.710. The molecule has 3 nitrogen and oxygen atoms in total. The molecule has 1 aliphatic rings. The van der Waals surface area contributed by atoms with E-state index < -0.39 is 18.2 Å². The summed E-state index contributed by atoms with van der Waals surface area (Å²) in [4.78, 5) is 12.8. The van der Waals surface area contributed by atoms with Gasteiger partial charge in [0.15, 0.2) is 0 Å². The fourth-order valence-electron chi connectivity index (χ4n) is 1.48. The molecule has 1 rings (SSSR count). The van der Waals surface area contributed by atoms with Crippen molar-refractivity contribution in [1.29, 1.82) is 0 Å². The summed E-state index contributed by atoms with van der Waals surface area (Å²) in [5, 5.41) is 9.13. The third kappa shape index (κ3) is 2.40. The number of aliphatic hydroxyl groups excluding tert-OH is 1. The zero-order valence-electron chi connectivity index (χ0n) is 7.87. The summed E-state index contributed by atoms with van der Waals surface area (Å²) >= 11 is 0. The van der Waals surface area contributed by atoms with Gasteiger partial charge >= 0.3 is 0 Å². The number of carbonyl (C=O) groups is 1. The summed E-state index contributed by atoms with van der Waals surface area (Å²) in [6.07, 6.45) is -0.710. The maximum absolute atomic E-state index is 13.2. The highest BCUT2D eigenvalue weighted by Gasteiger charge is 2.30. The first kappa shape index (κ1) is 10.4. The van der Waals surface area contributed by atoms with Gasteiger partial charge in [0.25, 0.3) is 5.91 Å². The summed E-state index contributed by atoms with van der Waals surface area (Å²) in [6.45, 7) is 2.93. The van der Waals surface area contributed by atoms with Crippen molar-refractivity contribution in [3.05, 3.63) is 0 Å². The third-order valence-electron chi connectivity index (χ3n) is 2.41. The predicted octanol–water partition coefficient (Wildman–Crippen LogP) is 0.718. The Labute approximate surface area is 77.5 Å². The highest BCUT2D eigenvalue weighted by atomic mass is 19.1. The first-order valence-electron chi connectivity index (χ1n) is 4.77. The average molecular weight is 189 g/mol. The van der Waals surface area contributed by atoms with Crippen molar-refractivity contribution in [2.24, 2.45) is 0 Å². The van der Waals surface area contributed by atoms with Crippen molar-refractivity contribution in [2.45, 2.75) is 38.5 Å². The molecule has 0 aliphatic carbocycles. The van der Waals surface area contributed by atoms with Crippen LogP contribution in [0.25, 0.3) is 0 Å². The van der Waals surface area contributed by atoms with E-state index in [-0.39, 0.29) is 6.42 Å². The second-order valence-electron chi connectivity index (χ2n) is 3.41. The van der Waals surface area contributed by atoms with Gasteiger partial charge in [-0.05, 0) is 19.3 Å². The van der Waals surface area contributed by atoms with Gasteiger partial charge in [-0.1, -0.05) is 6.92 Å². The Morgan fingerprint density at radius 2 is 2.08 bits per heavy atom. The van der Waals surface area contributed by atoms with E-state index in [2.05, 4.69) is 0 Å². The molecular formula is C9H16FNO2. The Balaban J connectivity index is 2.45. The lowest BCUT2D eigenvalue weighted by atomic mass is 10.1. The summed E-state index contributed by atoms with van der Waals surface area (Å²) in [5.41, 5.74) is 0. The number of halogens is 1. The van der Waals surface area contributed by atoms with Gasteiger partial charge in [0.1, 0.15) is 0 Å². The Morgan fingerprint density at radius 3 is 2.54 bits per heavy atom. The smallest absolute Gasteiger partial charge is 0.259 e. The minimum Gasteiger partial charge on any atom is -0.390 e.